The molecule has 0 bridgehead atoms. The molecule has 0 radical (unpaired) electrons. The van der Waals surface area contributed by atoms with E-state index in [1.54, 1.807) is 6.08 Å². The molecular weight excluding hydrogens is 512 g/mol. The molecule has 0 atom stereocenters. The number of benzene rings is 2. The van der Waals surface area contributed by atoms with Crippen LogP contribution in [0.2, 0.25) is 0 Å². The molecule has 9 heteroatoms. The lowest BCUT2D eigenvalue weighted by Crippen LogP contribution is -2.38. The first-order valence-electron chi connectivity index (χ1n) is 10.3. The maximum absolute atomic E-state index is 12.1. The van der Waals surface area contributed by atoms with Gasteiger partial charge in [-0.25, -0.2) is 0 Å². The van der Waals surface area contributed by atoms with Gasteiger partial charge in [0.25, 0.3) is 5.91 Å². The summed E-state index contributed by atoms with van der Waals surface area (Å²) >= 11 is 9.91. The van der Waals surface area contributed by atoms with Gasteiger partial charge in [0, 0.05) is 41.3 Å². The Balaban J connectivity index is 1.49. The average Bonchev–Trinajstić information content (AvgIpc) is 3.11. The Bertz CT molecular complexity index is 1020. The molecule has 0 aromatic heterocycles. The Kier molecular flexibility index (Phi) is 8.20. The van der Waals surface area contributed by atoms with Gasteiger partial charge in [-0.2, -0.15) is 0 Å². The summed E-state index contributed by atoms with van der Waals surface area (Å²) in [6.45, 7) is 5.20. The summed E-state index contributed by atoms with van der Waals surface area (Å²) < 4.78 is 19.0. The number of carbonyl (C=O) groups is 1. The number of thiocarbonyl (C=S) groups is 1. The Morgan fingerprint density at radius 2 is 2.00 bits per heavy atom. The summed E-state index contributed by atoms with van der Waals surface area (Å²) in [5.41, 5.74) is 1.82. The molecule has 2 aliphatic heterocycles. The molecule has 2 heterocycles. The highest BCUT2D eigenvalue weighted by atomic mass is 79.9. The number of rotatable bonds is 8. The second-order valence-corrected chi connectivity index (χ2v) is 9.81. The molecule has 32 heavy (non-hydrogen) atoms. The molecular formula is C23H23BrN2O4S2. The van der Waals surface area contributed by atoms with E-state index >= 15 is 0 Å². The number of halogens is 1. The first kappa shape index (κ1) is 23.3. The van der Waals surface area contributed by atoms with Crippen LogP contribution in [0.25, 0.3) is 6.08 Å². The highest BCUT2D eigenvalue weighted by molar-refractivity contribution is 9.10. The number of nitrogens with one attached hydrogen (secondary N) is 1. The third-order valence-corrected chi connectivity index (χ3v) is 6.97. The molecule has 0 aliphatic carbocycles. The second kappa shape index (κ2) is 11.3. The number of hydrogen-bond donors (Lipinski definition) is 1. The molecule has 2 aromatic carbocycles. The number of morpholine rings is 1. The smallest absolute Gasteiger partial charge is 0.263 e. The van der Waals surface area contributed by atoms with Gasteiger partial charge >= 0.3 is 0 Å². The number of carbonyl (C=O) groups excluding carboxylic acids is 1. The van der Waals surface area contributed by atoms with Crippen LogP contribution in [-0.2, 0) is 16.1 Å². The van der Waals surface area contributed by atoms with Crippen LogP contribution in [0.3, 0.4) is 0 Å². The van der Waals surface area contributed by atoms with Crippen molar-refractivity contribution in [2.75, 3.05) is 39.5 Å². The van der Waals surface area contributed by atoms with Crippen LogP contribution in [0.1, 0.15) is 11.1 Å². The lowest BCUT2D eigenvalue weighted by atomic mass is 10.1. The topological polar surface area (TPSA) is 60.0 Å². The Hall–Kier alpha value is -1.91. The highest BCUT2D eigenvalue weighted by Gasteiger charge is 2.22. The highest BCUT2D eigenvalue weighted by Crippen LogP contribution is 2.32. The summed E-state index contributed by atoms with van der Waals surface area (Å²) in [5, 5.41) is 2.64. The molecule has 2 saturated heterocycles. The van der Waals surface area contributed by atoms with E-state index in [1.165, 1.54) is 11.8 Å². The molecule has 2 aliphatic rings. The van der Waals surface area contributed by atoms with Gasteiger partial charge in [0.15, 0.2) is 0 Å². The molecule has 0 spiro atoms. The van der Waals surface area contributed by atoms with Crippen LogP contribution in [0.4, 0.5) is 0 Å². The predicted molar refractivity (Wildman–Crippen MR) is 134 cm³/mol. The monoisotopic (exact) mass is 534 g/mol. The van der Waals surface area contributed by atoms with Gasteiger partial charge in [0.05, 0.1) is 18.1 Å². The Labute approximate surface area is 205 Å². The van der Waals surface area contributed by atoms with E-state index in [0.29, 0.717) is 28.2 Å². The minimum absolute atomic E-state index is 0.192. The average molecular weight is 535 g/mol. The molecule has 1 amide bonds. The molecule has 0 unspecified atom stereocenters. The molecule has 168 valence electrons. The first-order chi connectivity index (χ1) is 15.6. The van der Waals surface area contributed by atoms with Crippen molar-refractivity contribution in [1.82, 2.24) is 10.2 Å². The third kappa shape index (κ3) is 6.32. The van der Waals surface area contributed by atoms with Gasteiger partial charge in [-0.15, -0.1) is 0 Å². The molecule has 1 N–H and O–H groups in total. The van der Waals surface area contributed by atoms with E-state index < -0.39 is 0 Å². The quantitative estimate of drug-likeness (QED) is 0.401. The van der Waals surface area contributed by atoms with Crippen LogP contribution < -0.4 is 14.8 Å². The van der Waals surface area contributed by atoms with E-state index in [4.69, 9.17) is 26.4 Å². The minimum Gasteiger partial charge on any atom is -0.492 e. The van der Waals surface area contributed by atoms with Crippen molar-refractivity contribution in [2.45, 2.75) is 6.61 Å². The van der Waals surface area contributed by atoms with Gasteiger partial charge in [-0.05, 0) is 24.3 Å². The van der Waals surface area contributed by atoms with Gasteiger partial charge in [0.1, 0.15) is 29.0 Å². The molecule has 6 nitrogen and oxygen atoms in total. The summed E-state index contributed by atoms with van der Waals surface area (Å²) in [5.74, 6) is 1.17. The van der Waals surface area contributed by atoms with Gasteiger partial charge in [0.2, 0.25) is 0 Å². The zero-order chi connectivity index (χ0) is 22.3. The van der Waals surface area contributed by atoms with Crippen LogP contribution >= 0.6 is 39.9 Å². The van der Waals surface area contributed by atoms with Crippen molar-refractivity contribution >= 4 is 56.2 Å². The van der Waals surface area contributed by atoms with Crippen LogP contribution in [0.5, 0.6) is 11.5 Å². The lowest BCUT2D eigenvalue weighted by molar-refractivity contribution is -0.115. The second-order valence-electron chi connectivity index (χ2n) is 7.23. The number of hydrogen-bond acceptors (Lipinski definition) is 7. The van der Waals surface area contributed by atoms with Gasteiger partial charge in [-0.1, -0.05) is 58.1 Å². The minimum atomic E-state index is -0.192. The summed E-state index contributed by atoms with van der Waals surface area (Å²) in [7, 11) is 0. The number of ether oxygens (including phenoxy) is 3. The van der Waals surface area contributed by atoms with Crippen molar-refractivity contribution in [1.29, 1.82) is 0 Å². The summed E-state index contributed by atoms with van der Waals surface area (Å²) in [6.07, 6.45) is 1.80. The molecule has 4 rings (SSSR count). The fraction of sp³-hybridized carbons (Fsp3) is 0.304. The predicted octanol–water partition coefficient (Wildman–Crippen LogP) is 4.23. The first-order valence-corrected chi connectivity index (χ1v) is 12.3. The van der Waals surface area contributed by atoms with Crippen molar-refractivity contribution < 1.29 is 19.0 Å². The van der Waals surface area contributed by atoms with Crippen LogP contribution in [0.15, 0.2) is 51.8 Å². The standard InChI is InChI=1S/C23H23BrN2O4S2/c24-19-4-2-1-3-17(19)15-30-20-14-18(29-12-9-26-7-10-28-11-8-26)6-5-16(20)13-21-22(27)25-23(31)32-21/h1-6,13-14H,7-12,15H2,(H,25,27,31)/b21-13-. The zero-order valence-corrected chi connectivity index (χ0v) is 20.6. The Morgan fingerprint density at radius 3 is 2.75 bits per heavy atom. The van der Waals surface area contributed by atoms with Crippen LogP contribution in [-0.4, -0.2) is 54.6 Å². The lowest BCUT2D eigenvalue weighted by Gasteiger charge is -2.26. The van der Waals surface area contributed by atoms with Crippen molar-refractivity contribution in [3.8, 4) is 11.5 Å². The van der Waals surface area contributed by atoms with Crippen molar-refractivity contribution in [2.24, 2.45) is 0 Å². The van der Waals surface area contributed by atoms with E-state index in [-0.39, 0.29) is 5.91 Å². The molecule has 0 saturated carbocycles. The maximum atomic E-state index is 12.1. The van der Waals surface area contributed by atoms with E-state index in [2.05, 4.69) is 26.1 Å². The van der Waals surface area contributed by atoms with E-state index in [0.717, 1.165) is 54.2 Å². The number of nitrogens with zero attached hydrogens (tertiary/aromatic N) is 1. The largest absolute Gasteiger partial charge is 0.492 e. The third-order valence-electron chi connectivity index (χ3n) is 5.03. The van der Waals surface area contributed by atoms with E-state index in [1.807, 2.05) is 42.5 Å². The zero-order valence-electron chi connectivity index (χ0n) is 17.3. The fourth-order valence-electron chi connectivity index (χ4n) is 3.30. The molecule has 2 aromatic rings. The van der Waals surface area contributed by atoms with Crippen LogP contribution in [0, 0.1) is 0 Å². The summed E-state index contributed by atoms with van der Waals surface area (Å²) in [4.78, 5) is 15.0. The van der Waals surface area contributed by atoms with Crippen molar-refractivity contribution in [3.05, 3.63) is 63.0 Å². The SMILES string of the molecule is O=C1NC(=S)S/C1=C\c1ccc(OCCN2CCOCC2)cc1OCc1ccccc1Br. The van der Waals surface area contributed by atoms with E-state index in [9.17, 15) is 4.79 Å². The maximum Gasteiger partial charge on any atom is 0.263 e. The fourth-order valence-corrected chi connectivity index (χ4v) is 4.73. The molecule has 2 fully saturated rings. The Morgan fingerprint density at radius 1 is 1.19 bits per heavy atom. The van der Waals surface area contributed by atoms with Crippen molar-refractivity contribution in [3.63, 3.8) is 0 Å². The van der Waals surface area contributed by atoms with Gasteiger partial charge < -0.3 is 19.5 Å². The van der Waals surface area contributed by atoms with Gasteiger partial charge in [-0.3, -0.25) is 9.69 Å². The summed E-state index contributed by atoms with van der Waals surface area (Å²) in [6, 6.07) is 13.6. The number of amides is 1. The normalized spacial score (nSPS) is 18.1. The number of thioether (sulfide) groups is 1.